The second-order valence-electron chi connectivity index (χ2n) is 3.65. The van der Waals surface area contributed by atoms with Gasteiger partial charge in [0.2, 0.25) is 0 Å². The molecule has 0 radical (unpaired) electrons. The molecule has 0 atom stereocenters. The zero-order chi connectivity index (χ0) is 13.9. The van der Waals surface area contributed by atoms with Crippen LogP contribution in [0.25, 0.3) is 22.1 Å². The molecular weight excluding hydrogens is 268 g/mol. The molecule has 1 heterocycles. The van der Waals surface area contributed by atoms with Crippen LogP contribution >= 0.6 is 0 Å². The lowest BCUT2D eigenvalue weighted by atomic mass is 10.2. The molecule has 3 aromatic rings. The Morgan fingerprint density at radius 1 is 0.684 bits per heavy atom. The lowest BCUT2D eigenvalue weighted by Gasteiger charge is -1.98. The summed E-state index contributed by atoms with van der Waals surface area (Å²) in [5, 5.41) is 0. The molecule has 98 valence electrons. The first-order valence-corrected chi connectivity index (χ1v) is 6.64. The highest BCUT2D eigenvalue weighted by Gasteiger charge is 1.98. The van der Waals surface area contributed by atoms with E-state index in [-0.39, 0.29) is 0 Å². The third kappa shape index (κ3) is 3.95. The van der Waals surface area contributed by atoms with E-state index in [9.17, 15) is 0 Å². The zero-order valence-corrected chi connectivity index (χ0v) is 10.4. The van der Waals surface area contributed by atoms with Crippen molar-refractivity contribution < 1.29 is 17.5 Å². The maximum absolute atomic E-state index is 8.74. The van der Waals surface area contributed by atoms with Crippen LogP contribution < -0.4 is 0 Å². The molecule has 1 aromatic heterocycles. The van der Waals surface area contributed by atoms with E-state index in [1.165, 1.54) is 0 Å². The van der Waals surface area contributed by atoms with Crippen LogP contribution in [0.2, 0.25) is 0 Å². The van der Waals surface area contributed by atoms with E-state index in [4.69, 9.17) is 17.5 Å². The van der Waals surface area contributed by atoms with E-state index in [1.54, 1.807) is 0 Å². The van der Waals surface area contributed by atoms with Crippen molar-refractivity contribution in [2.24, 2.45) is 0 Å². The minimum absolute atomic E-state index is 0.950. The number of para-hydroxylation sites is 4. The zero-order valence-electron chi connectivity index (χ0n) is 9.63. The van der Waals surface area contributed by atoms with Gasteiger partial charge in [-0.3, -0.25) is 9.11 Å². The van der Waals surface area contributed by atoms with Crippen molar-refractivity contribution >= 4 is 32.5 Å². The number of hydrogen-bond donors (Lipinski definition) is 2. The molecule has 0 fully saturated rings. The number of benzene rings is 2. The highest BCUT2D eigenvalue weighted by molar-refractivity contribution is 7.79. The third-order valence-corrected chi connectivity index (χ3v) is 2.25. The molecule has 0 saturated heterocycles. The second-order valence-corrected chi connectivity index (χ2v) is 4.54. The topological polar surface area (TPSA) is 100 Å². The molecule has 0 unspecified atom stereocenters. The van der Waals surface area contributed by atoms with Crippen molar-refractivity contribution in [1.29, 1.82) is 0 Å². The van der Waals surface area contributed by atoms with Gasteiger partial charge in [-0.15, -0.1) is 0 Å². The monoisotopic (exact) mass is 278 g/mol. The predicted octanol–water partition coefficient (Wildman–Crippen LogP) is 2.13. The fraction of sp³-hybridized carbons (Fsp3) is 0. The summed E-state index contributed by atoms with van der Waals surface area (Å²) in [7, 11) is -4.67. The molecule has 19 heavy (non-hydrogen) atoms. The Morgan fingerprint density at radius 2 is 0.895 bits per heavy atom. The quantitative estimate of drug-likeness (QED) is 0.482. The van der Waals surface area contributed by atoms with Gasteiger partial charge in [0.25, 0.3) is 0 Å². The molecule has 3 rings (SSSR count). The Labute approximate surface area is 109 Å². The van der Waals surface area contributed by atoms with Gasteiger partial charge in [-0.05, 0) is 24.3 Å². The summed E-state index contributed by atoms with van der Waals surface area (Å²) < 4.78 is 31.6. The van der Waals surface area contributed by atoms with E-state index < -0.39 is 10.4 Å². The second kappa shape index (κ2) is 5.27. The highest BCUT2D eigenvalue weighted by Crippen LogP contribution is 2.14. The lowest BCUT2D eigenvalue weighted by molar-refractivity contribution is 0.381. The summed E-state index contributed by atoms with van der Waals surface area (Å²) in [6, 6.07) is 15.8. The van der Waals surface area contributed by atoms with Crippen molar-refractivity contribution in [2.75, 3.05) is 0 Å². The van der Waals surface area contributed by atoms with Gasteiger partial charge in [-0.2, -0.15) is 8.42 Å². The number of fused-ring (bicyclic) bond motifs is 2. The largest absolute Gasteiger partial charge is 0.394 e. The van der Waals surface area contributed by atoms with Crippen LogP contribution in [0, 0.1) is 0 Å². The first kappa shape index (κ1) is 13.3. The summed E-state index contributed by atoms with van der Waals surface area (Å²) in [6.07, 6.45) is 0. The van der Waals surface area contributed by atoms with Crippen LogP contribution in [0.3, 0.4) is 0 Å². The summed E-state index contributed by atoms with van der Waals surface area (Å²) in [4.78, 5) is 9.03. The van der Waals surface area contributed by atoms with Crippen molar-refractivity contribution in [3.63, 3.8) is 0 Å². The van der Waals surface area contributed by atoms with E-state index in [0.717, 1.165) is 22.1 Å². The van der Waals surface area contributed by atoms with Gasteiger partial charge in [-0.1, -0.05) is 24.3 Å². The average Bonchev–Trinajstić information content (AvgIpc) is 2.34. The van der Waals surface area contributed by atoms with Crippen LogP contribution in [-0.4, -0.2) is 27.5 Å². The molecule has 0 aliphatic carbocycles. The summed E-state index contributed by atoms with van der Waals surface area (Å²) in [5.41, 5.74) is 3.80. The Hall–Kier alpha value is -2.09. The van der Waals surface area contributed by atoms with Gasteiger partial charge in [0.1, 0.15) is 0 Å². The smallest absolute Gasteiger partial charge is 0.264 e. The highest BCUT2D eigenvalue weighted by atomic mass is 32.3. The predicted molar refractivity (Wildman–Crippen MR) is 71.2 cm³/mol. The van der Waals surface area contributed by atoms with Crippen molar-refractivity contribution in [3.05, 3.63) is 48.5 Å². The van der Waals surface area contributed by atoms with Gasteiger partial charge in [0.15, 0.2) is 0 Å². The van der Waals surface area contributed by atoms with Gasteiger partial charge in [0.05, 0.1) is 22.1 Å². The molecule has 0 amide bonds. The van der Waals surface area contributed by atoms with E-state index in [1.807, 2.05) is 48.5 Å². The molecule has 0 bridgehead atoms. The first-order valence-electron chi connectivity index (χ1n) is 5.25. The molecule has 0 aliphatic rings. The number of nitrogens with zero attached hydrogens (tertiary/aromatic N) is 2. The Morgan fingerprint density at radius 3 is 1.11 bits per heavy atom. The molecule has 0 aliphatic heterocycles. The van der Waals surface area contributed by atoms with Crippen LogP contribution in [0.4, 0.5) is 0 Å². The SMILES string of the molecule is O=S(=O)(O)O.c1ccc2nc3ccccc3nc2c1. The van der Waals surface area contributed by atoms with Crippen LogP contribution in [-0.2, 0) is 10.4 Å². The fourth-order valence-electron chi connectivity index (χ4n) is 1.57. The fourth-order valence-corrected chi connectivity index (χ4v) is 1.57. The maximum atomic E-state index is 8.74. The molecule has 0 spiro atoms. The molecule has 2 N–H and O–H groups in total. The number of aromatic nitrogens is 2. The van der Waals surface area contributed by atoms with Crippen molar-refractivity contribution in [1.82, 2.24) is 9.97 Å². The normalized spacial score (nSPS) is 11.1. The number of rotatable bonds is 0. The van der Waals surface area contributed by atoms with Crippen molar-refractivity contribution in [3.8, 4) is 0 Å². The minimum Gasteiger partial charge on any atom is -0.264 e. The van der Waals surface area contributed by atoms with Gasteiger partial charge in [0, 0.05) is 0 Å². The summed E-state index contributed by atoms with van der Waals surface area (Å²) in [6.45, 7) is 0. The van der Waals surface area contributed by atoms with Crippen LogP contribution in [0.5, 0.6) is 0 Å². The molecule has 2 aromatic carbocycles. The van der Waals surface area contributed by atoms with Gasteiger partial charge >= 0.3 is 10.4 Å². The van der Waals surface area contributed by atoms with E-state index in [2.05, 4.69) is 9.97 Å². The van der Waals surface area contributed by atoms with Gasteiger partial charge < -0.3 is 0 Å². The van der Waals surface area contributed by atoms with Crippen molar-refractivity contribution in [2.45, 2.75) is 0 Å². The molecule has 6 nitrogen and oxygen atoms in total. The average molecular weight is 278 g/mol. The summed E-state index contributed by atoms with van der Waals surface area (Å²) in [5.74, 6) is 0. The standard InChI is InChI=1S/C12H8N2.H2O4S/c1-2-6-10-9(5-1)13-11-7-3-4-8-12(11)14-10;1-5(2,3)4/h1-8H;(H2,1,2,3,4). The Balaban J connectivity index is 0.000000232. The Bertz CT molecular complexity index is 705. The molecule has 7 heteroatoms. The Kier molecular flexibility index (Phi) is 3.70. The van der Waals surface area contributed by atoms with Gasteiger partial charge in [-0.25, -0.2) is 9.97 Å². The molecular formula is C12H10N2O4S. The van der Waals surface area contributed by atoms with E-state index >= 15 is 0 Å². The van der Waals surface area contributed by atoms with Crippen LogP contribution in [0.1, 0.15) is 0 Å². The van der Waals surface area contributed by atoms with E-state index in [0.29, 0.717) is 0 Å². The molecule has 0 saturated carbocycles. The lowest BCUT2D eigenvalue weighted by Crippen LogP contribution is -1.89. The summed E-state index contributed by atoms with van der Waals surface area (Å²) >= 11 is 0. The number of hydrogen-bond acceptors (Lipinski definition) is 4. The maximum Gasteiger partial charge on any atom is 0.394 e. The third-order valence-electron chi connectivity index (χ3n) is 2.25. The first-order chi connectivity index (χ1) is 8.93. The van der Waals surface area contributed by atoms with Crippen LogP contribution in [0.15, 0.2) is 48.5 Å². The minimum atomic E-state index is -4.67.